The maximum absolute atomic E-state index is 12.4. The molecule has 1 saturated carbocycles. The fourth-order valence-electron chi connectivity index (χ4n) is 2.21. The number of aromatic nitrogens is 2. The number of Topliss-reactive ketones (excluding diaryl/α,β-unsaturated/α-hetero) is 1. The summed E-state index contributed by atoms with van der Waals surface area (Å²) in [5.74, 6) is 0.839. The summed E-state index contributed by atoms with van der Waals surface area (Å²) in [5.41, 5.74) is 1.42. The Hall–Kier alpha value is -2.76. The van der Waals surface area contributed by atoms with Crippen LogP contribution in [0.25, 0.3) is 0 Å². The first-order chi connectivity index (χ1) is 11.0. The Labute approximate surface area is 134 Å². The van der Waals surface area contributed by atoms with Gasteiger partial charge < -0.3 is 10.6 Å². The zero-order chi connectivity index (χ0) is 16.4. The Balaban J connectivity index is 1.78. The third kappa shape index (κ3) is 3.91. The minimum absolute atomic E-state index is 0.0464. The molecule has 0 atom stereocenters. The van der Waals surface area contributed by atoms with E-state index in [9.17, 15) is 9.59 Å². The molecule has 23 heavy (non-hydrogen) atoms. The third-order valence-corrected chi connectivity index (χ3v) is 3.53. The number of benzene rings is 1. The van der Waals surface area contributed by atoms with Crippen LogP contribution in [0, 0.1) is 6.92 Å². The topological polar surface area (TPSA) is 84.0 Å². The lowest BCUT2D eigenvalue weighted by Crippen LogP contribution is -2.16. The standard InChI is InChI=1S/C17H18N4O2/c1-10(22)12-4-3-5-14(8-12)21-17(23)15-9-16(19-11(2)18-15)20-13-6-7-13/h3-5,8-9,13H,6-7H2,1-2H3,(H,21,23)(H,18,19,20). The van der Waals surface area contributed by atoms with Crippen LogP contribution in [0.3, 0.4) is 0 Å². The largest absolute Gasteiger partial charge is 0.367 e. The van der Waals surface area contributed by atoms with Crippen molar-refractivity contribution in [3.05, 3.63) is 47.4 Å². The molecule has 0 aliphatic heterocycles. The third-order valence-electron chi connectivity index (χ3n) is 3.53. The van der Waals surface area contributed by atoms with Gasteiger partial charge in [0.2, 0.25) is 0 Å². The van der Waals surface area contributed by atoms with Crippen LogP contribution in [0.15, 0.2) is 30.3 Å². The van der Waals surface area contributed by atoms with E-state index >= 15 is 0 Å². The van der Waals surface area contributed by atoms with Crippen LogP contribution in [0.5, 0.6) is 0 Å². The van der Waals surface area contributed by atoms with Crippen LogP contribution >= 0.6 is 0 Å². The van der Waals surface area contributed by atoms with Crippen molar-refractivity contribution in [3.63, 3.8) is 0 Å². The van der Waals surface area contributed by atoms with Crippen molar-refractivity contribution in [2.24, 2.45) is 0 Å². The van der Waals surface area contributed by atoms with Gasteiger partial charge in [-0.05, 0) is 38.8 Å². The molecule has 0 saturated heterocycles. The minimum atomic E-state index is -0.324. The van der Waals surface area contributed by atoms with Gasteiger partial charge in [0.25, 0.3) is 5.91 Å². The van der Waals surface area contributed by atoms with Crippen LogP contribution in [0.1, 0.15) is 46.4 Å². The van der Waals surface area contributed by atoms with E-state index in [0.29, 0.717) is 34.6 Å². The van der Waals surface area contributed by atoms with Crippen molar-refractivity contribution < 1.29 is 9.59 Å². The Bertz CT molecular complexity index is 769. The van der Waals surface area contributed by atoms with Crippen LogP contribution in [0.4, 0.5) is 11.5 Å². The van der Waals surface area contributed by atoms with E-state index in [4.69, 9.17) is 0 Å². The van der Waals surface area contributed by atoms with Gasteiger partial charge in [-0.25, -0.2) is 9.97 Å². The first kappa shape index (κ1) is 15.1. The SMILES string of the molecule is CC(=O)c1cccc(NC(=O)c2cc(NC3CC3)nc(C)n2)c1. The highest BCUT2D eigenvalue weighted by Gasteiger charge is 2.22. The van der Waals surface area contributed by atoms with Crippen molar-refractivity contribution in [3.8, 4) is 0 Å². The predicted molar refractivity (Wildman–Crippen MR) is 87.8 cm³/mol. The number of carbonyl (C=O) groups excluding carboxylic acids is 2. The number of carbonyl (C=O) groups is 2. The van der Waals surface area contributed by atoms with Gasteiger partial charge in [-0.3, -0.25) is 9.59 Å². The molecule has 1 aliphatic carbocycles. The molecule has 0 unspecified atom stereocenters. The molecule has 1 amide bonds. The van der Waals surface area contributed by atoms with E-state index in [1.807, 2.05) is 0 Å². The molecular weight excluding hydrogens is 292 g/mol. The van der Waals surface area contributed by atoms with E-state index in [2.05, 4.69) is 20.6 Å². The normalized spacial score (nSPS) is 13.5. The number of ketones is 1. The lowest BCUT2D eigenvalue weighted by molar-refractivity contribution is 0.100. The van der Waals surface area contributed by atoms with E-state index in [1.165, 1.54) is 6.92 Å². The molecule has 2 aromatic rings. The van der Waals surface area contributed by atoms with Crippen LogP contribution in [0.2, 0.25) is 0 Å². The summed E-state index contributed by atoms with van der Waals surface area (Å²) in [5, 5.41) is 6.03. The number of nitrogens with one attached hydrogen (secondary N) is 2. The Kier molecular flexibility index (Phi) is 4.06. The Morgan fingerprint density at radius 2 is 1.96 bits per heavy atom. The van der Waals surface area contributed by atoms with Crippen molar-refractivity contribution in [2.75, 3.05) is 10.6 Å². The second kappa shape index (κ2) is 6.16. The molecule has 0 spiro atoms. The first-order valence-electron chi connectivity index (χ1n) is 7.56. The average molecular weight is 310 g/mol. The summed E-state index contributed by atoms with van der Waals surface area (Å²) in [7, 11) is 0. The average Bonchev–Trinajstić information content (AvgIpc) is 3.30. The van der Waals surface area contributed by atoms with Gasteiger partial charge in [0.1, 0.15) is 17.3 Å². The molecule has 1 aromatic carbocycles. The molecule has 1 fully saturated rings. The molecule has 6 nitrogen and oxygen atoms in total. The van der Waals surface area contributed by atoms with Gasteiger partial charge >= 0.3 is 0 Å². The Morgan fingerprint density at radius 3 is 2.65 bits per heavy atom. The smallest absolute Gasteiger partial charge is 0.274 e. The maximum Gasteiger partial charge on any atom is 0.274 e. The predicted octanol–water partition coefficient (Wildman–Crippen LogP) is 2.81. The molecule has 3 rings (SSSR count). The lowest BCUT2D eigenvalue weighted by atomic mass is 10.1. The number of aryl methyl sites for hydroxylation is 1. The molecular formula is C17H18N4O2. The van der Waals surface area contributed by atoms with Crippen molar-refractivity contribution >= 4 is 23.2 Å². The van der Waals surface area contributed by atoms with Gasteiger partial charge in [0, 0.05) is 23.4 Å². The molecule has 1 heterocycles. The summed E-state index contributed by atoms with van der Waals surface area (Å²) >= 11 is 0. The quantitative estimate of drug-likeness (QED) is 0.830. The summed E-state index contributed by atoms with van der Waals surface area (Å²) in [6, 6.07) is 8.93. The van der Waals surface area contributed by atoms with Crippen LogP contribution < -0.4 is 10.6 Å². The van der Waals surface area contributed by atoms with Crippen LogP contribution in [-0.4, -0.2) is 27.7 Å². The van der Waals surface area contributed by atoms with E-state index < -0.39 is 0 Å². The molecule has 0 bridgehead atoms. The monoisotopic (exact) mass is 310 g/mol. The van der Waals surface area contributed by atoms with E-state index in [0.717, 1.165) is 12.8 Å². The van der Waals surface area contributed by atoms with Crippen molar-refractivity contribution in [1.82, 2.24) is 9.97 Å². The second-order valence-electron chi connectivity index (χ2n) is 5.70. The summed E-state index contributed by atoms with van der Waals surface area (Å²) in [6.07, 6.45) is 2.25. The molecule has 6 heteroatoms. The number of hydrogen-bond acceptors (Lipinski definition) is 5. The number of nitrogens with zero attached hydrogens (tertiary/aromatic N) is 2. The van der Waals surface area contributed by atoms with E-state index in [1.54, 1.807) is 37.3 Å². The summed E-state index contributed by atoms with van der Waals surface area (Å²) < 4.78 is 0. The molecule has 118 valence electrons. The highest BCUT2D eigenvalue weighted by molar-refractivity contribution is 6.04. The summed E-state index contributed by atoms with van der Waals surface area (Å²) in [6.45, 7) is 3.25. The molecule has 1 aromatic heterocycles. The second-order valence-corrected chi connectivity index (χ2v) is 5.70. The number of rotatable bonds is 5. The highest BCUT2D eigenvalue weighted by Crippen LogP contribution is 2.24. The molecule has 1 aliphatic rings. The van der Waals surface area contributed by atoms with Gasteiger partial charge in [-0.1, -0.05) is 12.1 Å². The molecule has 2 N–H and O–H groups in total. The lowest BCUT2D eigenvalue weighted by Gasteiger charge is -2.09. The number of anilines is 2. The van der Waals surface area contributed by atoms with Gasteiger partial charge in [0.15, 0.2) is 5.78 Å². The van der Waals surface area contributed by atoms with Crippen molar-refractivity contribution in [2.45, 2.75) is 32.7 Å². The van der Waals surface area contributed by atoms with Gasteiger partial charge in [-0.2, -0.15) is 0 Å². The van der Waals surface area contributed by atoms with Gasteiger partial charge in [-0.15, -0.1) is 0 Å². The zero-order valence-electron chi connectivity index (χ0n) is 13.1. The minimum Gasteiger partial charge on any atom is -0.367 e. The fourth-order valence-corrected chi connectivity index (χ4v) is 2.21. The van der Waals surface area contributed by atoms with Crippen LogP contribution in [-0.2, 0) is 0 Å². The van der Waals surface area contributed by atoms with Gasteiger partial charge in [0.05, 0.1) is 0 Å². The zero-order valence-corrected chi connectivity index (χ0v) is 13.1. The summed E-state index contributed by atoms with van der Waals surface area (Å²) in [4.78, 5) is 32.3. The Morgan fingerprint density at radius 1 is 1.17 bits per heavy atom. The molecule has 0 radical (unpaired) electrons. The number of hydrogen-bond donors (Lipinski definition) is 2. The number of amides is 1. The first-order valence-corrected chi connectivity index (χ1v) is 7.56. The van der Waals surface area contributed by atoms with Crippen molar-refractivity contribution in [1.29, 1.82) is 0 Å². The van der Waals surface area contributed by atoms with E-state index in [-0.39, 0.29) is 11.7 Å². The highest BCUT2D eigenvalue weighted by atomic mass is 16.2. The maximum atomic E-state index is 12.4. The fraction of sp³-hybridized carbons (Fsp3) is 0.294.